The number of hydrogen-bond acceptors (Lipinski definition) is 2. The molecule has 0 heterocycles. The SMILES string of the molecule is CCCNS(=O)(=O)c1cccc(I)c1C. The molecule has 0 saturated heterocycles. The van der Waals surface area contributed by atoms with Gasteiger partial charge in [0, 0.05) is 10.1 Å². The molecule has 15 heavy (non-hydrogen) atoms. The van der Waals surface area contributed by atoms with E-state index in [4.69, 9.17) is 0 Å². The Balaban J connectivity index is 3.10. The van der Waals surface area contributed by atoms with E-state index < -0.39 is 10.0 Å². The first-order valence-electron chi connectivity index (χ1n) is 4.74. The molecule has 1 aromatic rings. The van der Waals surface area contributed by atoms with E-state index in [0.29, 0.717) is 11.4 Å². The number of hydrogen-bond donors (Lipinski definition) is 1. The Bertz CT molecular complexity index is 443. The van der Waals surface area contributed by atoms with Gasteiger partial charge in [-0.2, -0.15) is 0 Å². The summed E-state index contributed by atoms with van der Waals surface area (Å²) >= 11 is 2.14. The quantitative estimate of drug-likeness (QED) is 0.856. The van der Waals surface area contributed by atoms with Crippen molar-refractivity contribution in [3.05, 3.63) is 27.3 Å². The maximum atomic E-state index is 11.8. The molecule has 0 aliphatic carbocycles. The van der Waals surface area contributed by atoms with Gasteiger partial charge in [0.1, 0.15) is 0 Å². The largest absolute Gasteiger partial charge is 0.240 e. The second kappa shape index (κ2) is 5.27. The van der Waals surface area contributed by atoms with Crippen LogP contribution in [0.3, 0.4) is 0 Å². The zero-order chi connectivity index (χ0) is 11.5. The van der Waals surface area contributed by atoms with Crippen molar-refractivity contribution in [2.24, 2.45) is 0 Å². The lowest BCUT2D eigenvalue weighted by Gasteiger charge is -2.09. The topological polar surface area (TPSA) is 46.2 Å². The Kier molecular flexibility index (Phi) is 4.54. The number of sulfonamides is 1. The van der Waals surface area contributed by atoms with Gasteiger partial charge in [-0.15, -0.1) is 0 Å². The highest BCUT2D eigenvalue weighted by Gasteiger charge is 2.16. The van der Waals surface area contributed by atoms with Crippen LogP contribution in [0.5, 0.6) is 0 Å². The molecular weight excluding hydrogens is 325 g/mol. The highest BCUT2D eigenvalue weighted by atomic mass is 127. The van der Waals surface area contributed by atoms with E-state index in [2.05, 4.69) is 27.3 Å². The van der Waals surface area contributed by atoms with E-state index in [0.717, 1.165) is 15.6 Å². The normalized spacial score (nSPS) is 11.7. The lowest BCUT2D eigenvalue weighted by molar-refractivity contribution is 0.580. The average molecular weight is 339 g/mol. The summed E-state index contributed by atoms with van der Waals surface area (Å²) in [5.41, 5.74) is 0.807. The van der Waals surface area contributed by atoms with Crippen molar-refractivity contribution in [1.82, 2.24) is 4.72 Å². The van der Waals surface area contributed by atoms with Gasteiger partial charge in [0.2, 0.25) is 10.0 Å². The molecule has 0 saturated carbocycles. The molecule has 84 valence electrons. The summed E-state index contributed by atoms with van der Waals surface area (Å²) in [4.78, 5) is 0.378. The smallest absolute Gasteiger partial charge is 0.211 e. The maximum Gasteiger partial charge on any atom is 0.240 e. The van der Waals surface area contributed by atoms with Gasteiger partial charge in [0.25, 0.3) is 0 Å². The zero-order valence-electron chi connectivity index (χ0n) is 8.75. The predicted octanol–water partition coefficient (Wildman–Crippen LogP) is 2.29. The molecule has 0 aliphatic rings. The number of halogens is 1. The van der Waals surface area contributed by atoms with Crippen LogP contribution < -0.4 is 4.72 Å². The van der Waals surface area contributed by atoms with E-state index in [1.807, 2.05) is 19.9 Å². The molecule has 5 heteroatoms. The van der Waals surface area contributed by atoms with Crippen LogP contribution in [-0.2, 0) is 10.0 Å². The summed E-state index contributed by atoms with van der Waals surface area (Å²) < 4.78 is 27.2. The Hall–Kier alpha value is -0.140. The van der Waals surface area contributed by atoms with Crippen LogP contribution in [0.2, 0.25) is 0 Å². The molecular formula is C10H14INO2S. The Labute approximate surface area is 104 Å². The average Bonchev–Trinajstić information content (AvgIpc) is 2.19. The van der Waals surface area contributed by atoms with Crippen molar-refractivity contribution < 1.29 is 8.42 Å². The third-order valence-electron chi connectivity index (χ3n) is 2.05. The van der Waals surface area contributed by atoms with E-state index in [1.165, 1.54) is 0 Å². The first-order chi connectivity index (χ1) is 6.99. The third kappa shape index (κ3) is 3.15. The van der Waals surface area contributed by atoms with E-state index in [-0.39, 0.29) is 0 Å². The Morgan fingerprint density at radius 3 is 2.67 bits per heavy atom. The lowest BCUT2D eigenvalue weighted by Crippen LogP contribution is -2.25. The summed E-state index contributed by atoms with van der Waals surface area (Å²) in [7, 11) is -3.33. The highest BCUT2D eigenvalue weighted by molar-refractivity contribution is 14.1. The van der Waals surface area contributed by atoms with Crippen LogP contribution in [0.15, 0.2) is 23.1 Å². The molecule has 1 aromatic carbocycles. The lowest BCUT2D eigenvalue weighted by atomic mass is 10.2. The summed E-state index contributed by atoms with van der Waals surface area (Å²) in [5.74, 6) is 0. The summed E-state index contributed by atoms with van der Waals surface area (Å²) in [5, 5.41) is 0. The summed E-state index contributed by atoms with van der Waals surface area (Å²) in [6, 6.07) is 5.29. The molecule has 0 aliphatic heterocycles. The van der Waals surface area contributed by atoms with Gasteiger partial charge < -0.3 is 0 Å². The third-order valence-corrected chi connectivity index (χ3v) is 4.82. The molecule has 0 bridgehead atoms. The second-order valence-electron chi connectivity index (χ2n) is 3.26. The molecule has 3 nitrogen and oxygen atoms in total. The van der Waals surface area contributed by atoms with Crippen LogP contribution in [0, 0.1) is 10.5 Å². The first kappa shape index (κ1) is 12.9. The van der Waals surface area contributed by atoms with Gasteiger partial charge in [0.15, 0.2) is 0 Å². The second-order valence-corrected chi connectivity index (χ2v) is 6.16. The van der Waals surface area contributed by atoms with Crippen LogP contribution >= 0.6 is 22.6 Å². The fraction of sp³-hybridized carbons (Fsp3) is 0.400. The molecule has 1 N–H and O–H groups in total. The van der Waals surface area contributed by atoms with Crippen LogP contribution in [0.25, 0.3) is 0 Å². The summed E-state index contributed by atoms with van der Waals surface area (Å²) in [6.45, 7) is 4.24. The molecule has 0 amide bonds. The van der Waals surface area contributed by atoms with Crippen molar-refractivity contribution in [2.75, 3.05) is 6.54 Å². The predicted molar refractivity (Wildman–Crippen MR) is 69.4 cm³/mol. The van der Waals surface area contributed by atoms with Gasteiger partial charge in [-0.25, -0.2) is 13.1 Å². The van der Waals surface area contributed by atoms with E-state index in [9.17, 15) is 8.42 Å². The molecule has 0 aromatic heterocycles. The van der Waals surface area contributed by atoms with Crippen molar-refractivity contribution in [1.29, 1.82) is 0 Å². The highest BCUT2D eigenvalue weighted by Crippen LogP contribution is 2.19. The minimum absolute atomic E-state index is 0.378. The number of benzene rings is 1. The van der Waals surface area contributed by atoms with Crippen LogP contribution in [-0.4, -0.2) is 15.0 Å². The van der Waals surface area contributed by atoms with Crippen molar-refractivity contribution in [3.8, 4) is 0 Å². The molecule has 0 atom stereocenters. The Morgan fingerprint density at radius 1 is 1.40 bits per heavy atom. The number of rotatable bonds is 4. The minimum atomic E-state index is -3.33. The standard InChI is InChI=1S/C10H14INO2S/c1-3-7-12-15(13,14)10-6-4-5-9(11)8(10)2/h4-6,12H,3,7H2,1-2H3. The molecule has 0 spiro atoms. The van der Waals surface area contributed by atoms with Crippen molar-refractivity contribution in [2.45, 2.75) is 25.2 Å². The van der Waals surface area contributed by atoms with Gasteiger partial charge in [-0.05, 0) is 53.6 Å². The minimum Gasteiger partial charge on any atom is -0.211 e. The summed E-state index contributed by atoms with van der Waals surface area (Å²) in [6.07, 6.45) is 0.794. The van der Waals surface area contributed by atoms with Crippen molar-refractivity contribution >= 4 is 32.6 Å². The van der Waals surface area contributed by atoms with Gasteiger partial charge in [-0.1, -0.05) is 13.0 Å². The molecule has 1 rings (SSSR count). The molecule has 0 unspecified atom stereocenters. The first-order valence-corrected chi connectivity index (χ1v) is 7.30. The van der Waals surface area contributed by atoms with Gasteiger partial charge >= 0.3 is 0 Å². The molecule has 0 fully saturated rings. The fourth-order valence-electron chi connectivity index (χ4n) is 1.19. The molecule has 0 radical (unpaired) electrons. The monoisotopic (exact) mass is 339 g/mol. The van der Waals surface area contributed by atoms with Crippen molar-refractivity contribution in [3.63, 3.8) is 0 Å². The van der Waals surface area contributed by atoms with Crippen LogP contribution in [0.4, 0.5) is 0 Å². The van der Waals surface area contributed by atoms with Gasteiger partial charge in [-0.3, -0.25) is 0 Å². The Morgan fingerprint density at radius 2 is 2.07 bits per heavy atom. The maximum absolute atomic E-state index is 11.8. The van der Waals surface area contributed by atoms with Crippen LogP contribution in [0.1, 0.15) is 18.9 Å². The number of nitrogens with one attached hydrogen (secondary N) is 1. The zero-order valence-corrected chi connectivity index (χ0v) is 11.7. The van der Waals surface area contributed by atoms with E-state index >= 15 is 0 Å². The fourth-order valence-corrected chi connectivity index (χ4v) is 3.27. The van der Waals surface area contributed by atoms with Gasteiger partial charge in [0.05, 0.1) is 4.90 Å². The van der Waals surface area contributed by atoms with E-state index in [1.54, 1.807) is 12.1 Å².